The maximum absolute atomic E-state index is 12.8. The van der Waals surface area contributed by atoms with Crippen LogP contribution in [0.5, 0.6) is 0 Å². The molecule has 2 aromatic rings. The molecule has 1 atom stereocenters. The van der Waals surface area contributed by atoms with Gasteiger partial charge in [-0.1, -0.05) is 41.1 Å². The van der Waals surface area contributed by atoms with Crippen LogP contribution in [0.4, 0.5) is 0 Å². The number of halogens is 2. The molecular weight excluding hydrogens is 414 g/mol. The molecule has 1 aromatic carbocycles. The lowest BCUT2D eigenvalue weighted by Gasteiger charge is -2.29. The highest BCUT2D eigenvalue weighted by atomic mass is 79.9. The van der Waals surface area contributed by atoms with Gasteiger partial charge >= 0.3 is 0 Å². The van der Waals surface area contributed by atoms with Crippen molar-refractivity contribution in [3.8, 4) is 0 Å². The van der Waals surface area contributed by atoms with Gasteiger partial charge < -0.3 is 4.90 Å². The Morgan fingerprint density at radius 1 is 1.24 bits per heavy atom. The zero-order valence-electron chi connectivity index (χ0n) is 12.0. The summed E-state index contributed by atoms with van der Waals surface area (Å²) in [6.45, 7) is 4.91. The standard InChI is InChI=1S/C16H17Br2NOS/c1-3-9-19(16(20)15-14(18)8-10-21-15)11(2)12-6-4-5-7-13(12)17/h4-8,10-11H,3,9H2,1-2H3. The van der Waals surface area contributed by atoms with Crippen LogP contribution in [0.1, 0.15) is 41.5 Å². The predicted molar refractivity (Wildman–Crippen MR) is 95.9 cm³/mol. The van der Waals surface area contributed by atoms with Crippen LogP contribution in [0.2, 0.25) is 0 Å². The minimum absolute atomic E-state index is 0.0297. The van der Waals surface area contributed by atoms with Crippen molar-refractivity contribution in [1.82, 2.24) is 4.90 Å². The summed E-state index contributed by atoms with van der Waals surface area (Å²) in [5.41, 5.74) is 1.13. The molecule has 0 radical (unpaired) electrons. The molecule has 0 saturated carbocycles. The van der Waals surface area contributed by atoms with Crippen LogP contribution in [-0.4, -0.2) is 17.4 Å². The van der Waals surface area contributed by atoms with E-state index < -0.39 is 0 Å². The van der Waals surface area contributed by atoms with Gasteiger partial charge in [-0.05, 0) is 52.4 Å². The Kier molecular flexibility index (Phi) is 6.02. The summed E-state index contributed by atoms with van der Waals surface area (Å²) in [4.78, 5) is 15.5. The molecule has 0 bridgehead atoms. The van der Waals surface area contributed by atoms with Crippen molar-refractivity contribution >= 4 is 49.1 Å². The normalized spacial score (nSPS) is 12.2. The van der Waals surface area contributed by atoms with Gasteiger partial charge in [-0.25, -0.2) is 0 Å². The average molecular weight is 431 g/mol. The lowest BCUT2D eigenvalue weighted by Crippen LogP contribution is -2.34. The summed E-state index contributed by atoms with van der Waals surface area (Å²) in [6.07, 6.45) is 0.934. The summed E-state index contributed by atoms with van der Waals surface area (Å²) >= 11 is 8.52. The zero-order chi connectivity index (χ0) is 15.4. The second-order valence-electron chi connectivity index (χ2n) is 4.79. The third-order valence-electron chi connectivity index (χ3n) is 3.36. The number of amides is 1. The summed E-state index contributed by atoms with van der Waals surface area (Å²) < 4.78 is 1.91. The average Bonchev–Trinajstić information content (AvgIpc) is 2.90. The van der Waals surface area contributed by atoms with E-state index in [1.807, 2.05) is 34.5 Å². The third kappa shape index (κ3) is 3.76. The fraction of sp³-hybridized carbons (Fsp3) is 0.312. The molecule has 0 aliphatic rings. The number of rotatable bonds is 5. The molecule has 5 heteroatoms. The lowest BCUT2D eigenvalue weighted by molar-refractivity contribution is 0.0694. The predicted octanol–water partition coefficient (Wildman–Crippen LogP) is 5.89. The first-order chi connectivity index (χ1) is 10.1. The van der Waals surface area contributed by atoms with Crippen LogP contribution < -0.4 is 0 Å². The molecule has 1 amide bonds. The number of hydrogen-bond donors (Lipinski definition) is 0. The minimum atomic E-state index is 0.0297. The molecule has 2 nitrogen and oxygen atoms in total. The highest BCUT2D eigenvalue weighted by Gasteiger charge is 2.25. The van der Waals surface area contributed by atoms with E-state index >= 15 is 0 Å². The second-order valence-corrected chi connectivity index (χ2v) is 7.42. The Hall–Kier alpha value is -0.650. The highest BCUT2D eigenvalue weighted by Crippen LogP contribution is 2.31. The Balaban J connectivity index is 2.33. The number of nitrogens with zero attached hydrogens (tertiary/aromatic N) is 1. The van der Waals surface area contributed by atoms with Crippen LogP contribution in [0.15, 0.2) is 44.7 Å². The molecule has 0 fully saturated rings. The largest absolute Gasteiger partial charge is 0.331 e. The van der Waals surface area contributed by atoms with Gasteiger partial charge in [-0.15, -0.1) is 11.3 Å². The number of benzene rings is 1. The molecule has 21 heavy (non-hydrogen) atoms. The molecule has 0 N–H and O–H groups in total. The van der Waals surface area contributed by atoms with Crippen LogP contribution in [-0.2, 0) is 0 Å². The van der Waals surface area contributed by atoms with E-state index in [-0.39, 0.29) is 11.9 Å². The molecular formula is C16H17Br2NOS. The van der Waals surface area contributed by atoms with E-state index in [0.717, 1.165) is 32.4 Å². The van der Waals surface area contributed by atoms with E-state index in [0.29, 0.717) is 0 Å². The van der Waals surface area contributed by atoms with Gasteiger partial charge in [0.15, 0.2) is 0 Å². The monoisotopic (exact) mass is 429 g/mol. The van der Waals surface area contributed by atoms with Crippen LogP contribution in [0.25, 0.3) is 0 Å². The molecule has 112 valence electrons. The van der Waals surface area contributed by atoms with Crippen molar-refractivity contribution in [2.24, 2.45) is 0 Å². The van der Waals surface area contributed by atoms with E-state index in [4.69, 9.17) is 0 Å². The van der Waals surface area contributed by atoms with Crippen LogP contribution in [0.3, 0.4) is 0 Å². The molecule has 1 aromatic heterocycles. The third-order valence-corrected chi connectivity index (χ3v) is 5.91. The van der Waals surface area contributed by atoms with Gasteiger partial charge in [-0.3, -0.25) is 4.79 Å². The Bertz CT molecular complexity index is 626. The first-order valence-electron chi connectivity index (χ1n) is 6.84. The summed E-state index contributed by atoms with van der Waals surface area (Å²) in [7, 11) is 0. The van der Waals surface area contributed by atoms with Crippen molar-refractivity contribution in [1.29, 1.82) is 0 Å². The van der Waals surface area contributed by atoms with E-state index in [9.17, 15) is 4.79 Å². The molecule has 0 saturated heterocycles. The minimum Gasteiger partial charge on any atom is -0.331 e. The fourth-order valence-electron chi connectivity index (χ4n) is 2.27. The van der Waals surface area contributed by atoms with E-state index in [2.05, 4.69) is 51.8 Å². The van der Waals surface area contributed by atoms with Crippen molar-refractivity contribution < 1.29 is 4.79 Å². The molecule has 0 aliphatic heterocycles. The molecule has 1 heterocycles. The van der Waals surface area contributed by atoms with Gasteiger partial charge in [-0.2, -0.15) is 0 Å². The highest BCUT2D eigenvalue weighted by molar-refractivity contribution is 9.10. The van der Waals surface area contributed by atoms with Crippen LogP contribution in [0, 0.1) is 0 Å². The fourth-order valence-corrected chi connectivity index (χ4v) is 4.38. The van der Waals surface area contributed by atoms with Gasteiger partial charge in [0.05, 0.1) is 6.04 Å². The zero-order valence-corrected chi connectivity index (χ0v) is 16.0. The SMILES string of the molecule is CCCN(C(=O)c1sccc1Br)C(C)c1ccccc1Br. The van der Waals surface area contributed by atoms with E-state index in [1.54, 1.807) is 0 Å². The van der Waals surface area contributed by atoms with Gasteiger partial charge in [0.1, 0.15) is 4.88 Å². The first kappa shape index (κ1) is 16.7. The van der Waals surface area contributed by atoms with Crippen molar-refractivity contribution in [3.05, 3.63) is 55.1 Å². The molecule has 0 aliphatic carbocycles. The first-order valence-corrected chi connectivity index (χ1v) is 9.31. The maximum atomic E-state index is 12.8. The second kappa shape index (κ2) is 7.56. The van der Waals surface area contributed by atoms with Gasteiger partial charge in [0.25, 0.3) is 5.91 Å². The van der Waals surface area contributed by atoms with Crippen molar-refractivity contribution in [2.75, 3.05) is 6.54 Å². The van der Waals surface area contributed by atoms with Crippen molar-refractivity contribution in [3.63, 3.8) is 0 Å². The number of hydrogen-bond acceptors (Lipinski definition) is 2. The van der Waals surface area contributed by atoms with Crippen LogP contribution >= 0.6 is 43.2 Å². The molecule has 2 rings (SSSR count). The van der Waals surface area contributed by atoms with E-state index in [1.165, 1.54) is 11.3 Å². The van der Waals surface area contributed by atoms with Crippen molar-refractivity contribution in [2.45, 2.75) is 26.3 Å². The lowest BCUT2D eigenvalue weighted by atomic mass is 10.1. The maximum Gasteiger partial charge on any atom is 0.265 e. The number of thiophene rings is 1. The molecule has 0 spiro atoms. The summed E-state index contributed by atoms with van der Waals surface area (Å²) in [5.74, 6) is 0.0852. The number of carbonyl (C=O) groups is 1. The summed E-state index contributed by atoms with van der Waals surface area (Å²) in [5, 5.41) is 1.94. The van der Waals surface area contributed by atoms with Gasteiger partial charge in [0.2, 0.25) is 0 Å². The Morgan fingerprint density at radius 3 is 2.52 bits per heavy atom. The smallest absolute Gasteiger partial charge is 0.265 e. The number of carbonyl (C=O) groups excluding carboxylic acids is 1. The Morgan fingerprint density at radius 2 is 1.95 bits per heavy atom. The Labute approximate surface area is 146 Å². The summed E-state index contributed by atoms with van der Waals surface area (Å²) in [6, 6.07) is 10.0. The topological polar surface area (TPSA) is 20.3 Å². The quantitative estimate of drug-likeness (QED) is 0.579. The molecule has 1 unspecified atom stereocenters. The van der Waals surface area contributed by atoms with Gasteiger partial charge in [0, 0.05) is 15.5 Å².